The Bertz CT molecular complexity index is 1000. The molecule has 1 amide bonds. The summed E-state index contributed by atoms with van der Waals surface area (Å²) in [6, 6.07) is 14.6. The Labute approximate surface area is 173 Å². The highest BCUT2D eigenvalue weighted by Gasteiger charge is 2.22. The zero-order valence-corrected chi connectivity index (χ0v) is 16.8. The first-order valence-electron chi connectivity index (χ1n) is 9.72. The quantitative estimate of drug-likeness (QED) is 0.633. The molecule has 1 aromatic heterocycles. The van der Waals surface area contributed by atoms with Gasteiger partial charge in [-0.1, -0.05) is 47.7 Å². The number of ether oxygens (including phenoxy) is 1. The molecule has 4 rings (SSSR count). The van der Waals surface area contributed by atoms with E-state index in [0.717, 1.165) is 43.1 Å². The lowest BCUT2D eigenvalue weighted by atomic mass is 10.2. The molecule has 1 fully saturated rings. The van der Waals surface area contributed by atoms with E-state index in [2.05, 4.69) is 4.98 Å². The van der Waals surface area contributed by atoms with Crippen LogP contribution in [0.3, 0.4) is 0 Å². The van der Waals surface area contributed by atoms with Crippen molar-refractivity contribution in [2.24, 2.45) is 0 Å². The van der Waals surface area contributed by atoms with Crippen LogP contribution in [0.4, 0.5) is 9.52 Å². The Morgan fingerprint density at radius 1 is 1.17 bits per heavy atom. The van der Waals surface area contributed by atoms with Crippen LogP contribution >= 0.6 is 11.3 Å². The number of nitrogens with one attached hydrogen (secondary N) is 1. The van der Waals surface area contributed by atoms with Gasteiger partial charge in [-0.05, 0) is 23.8 Å². The van der Waals surface area contributed by atoms with E-state index in [9.17, 15) is 9.18 Å². The molecule has 0 unspecified atom stereocenters. The number of amides is 1. The maximum Gasteiger partial charge on any atom is 0.252 e. The molecule has 150 valence electrons. The number of quaternary nitrogens is 1. The van der Waals surface area contributed by atoms with E-state index < -0.39 is 0 Å². The van der Waals surface area contributed by atoms with Gasteiger partial charge in [-0.15, -0.1) is 0 Å². The zero-order valence-electron chi connectivity index (χ0n) is 16.0. The van der Waals surface area contributed by atoms with Gasteiger partial charge in [0.2, 0.25) is 0 Å². The molecule has 0 atom stereocenters. The fraction of sp³-hybridized carbons (Fsp3) is 0.273. The van der Waals surface area contributed by atoms with Gasteiger partial charge in [-0.3, -0.25) is 9.69 Å². The first-order chi connectivity index (χ1) is 14.2. The summed E-state index contributed by atoms with van der Waals surface area (Å²) in [5, 5.41) is 0.528. The molecular formula is C22H23FN3O2S+. The summed E-state index contributed by atoms with van der Waals surface area (Å²) >= 11 is 1.34. The van der Waals surface area contributed by atoms with Crippen molar-refractivity contribution in [3.63, 3.8) is 0 Å². The number of hydrogen-bond acceptors (Lipinski definition) is 4. The van der Waals surface area contributed by atoms with Crippen molar-refractivity contribution >= 4 is 38.7 Å². The summed E-state index contributed by atoms with van der Waals surface area (Å²) in [5.74, 6) is -0.517. The molecule has 5 nitrogen and oxygen atoms in total. The van der Waals surface area contributed by atoms with Gasteiger partial charge in [0, 0.05) is 6.08 Å². The van der Waals surface area contributed by atoms with Crippen LogP contribution in [-0.4, -0.2) is 50.3 Å². The van der Waals surface area contributed by atoms with Crippen LogP contribution in [0.1, 0.15) is 5.56 Å². The molecule has 0 spiro atoms. The van der Waals surface area contributed by atoms with Gasteiger partial charge < -0.3 is 9.64 Å². The monoisotopic (exact) mass is 412 g/mol. The van der Waals surface area contributed by atoms with E-state index in [-0.39, 0.29) is 11.7 Å². The third-order valence-corrected chi connectivity index (χ3v) is 6.01. The van der Waals surface area contributed by atoms with E-state index in [4.69, 9.17) is 4.74 Å². The summed E-state index contributed by atoms with van der Waals surface area (Å²) in [5.41, 5.74) is 1.27. The number of anilines is 1. The van der Waals surface area contributed by atoms with E-state index in [1.165, 1.54) is 22.3 Å². The highest BCUT2D eigenvalue weighted by Crippen LogP contribution is 2.30. The van der Waals surface area contributed by atoms with Crippen LogP contribution in [0.15, 0.2) is 54.6 Å². The lowest BCUT2D eigenvalue weighted by molar-refractivity contribution is -0.906. The topological polar surface area (TPSA) is 46.9 Å². The third-order valence-electron chi connectivity index (χ3n) is 4.96. The van der Waals surface area contributed by atoms with E-state index in [1.807, 2.05) is 36.4 Å². The van der Waals surface area contributed by atoms with Crippen molar-refractivity contribution in [2.75, 3.05) is 44.3 Å². The molecule has 1 saturated heterocycles. The molecule has 1 N–H and O–H groups in total. The maximum atomic E-state index is 14.1. The van der Waals surface area contributed by atoms with Crippen LogP contribution in [0, 0.1) is 5.82 Å². The van der Waals surface area contributed by atoms with Crippen molar-refractivity contribution in [3.8, 4) is 0 Å². The third kappa shape index (κ3) is 4.87. The number of nitrogens with zero attached hydrogens (tertiary/aromatic N) is 2. The summed E-state index contributed by atoms with van der Waals surface area (Å²) in [6.45, 7) is 4.65. The predicted octanol–water partition coefficient (Wildman–Crippen LogP) is 2.40. The minimum atomic E-state index is -0.365. The fourth-order valence-electron chi connectivity index (χ4n) is 3.32. The first kappa shape index (κ1) is 19.7. The molecule has 29 heavy (non-hydrogen) atoms. The van der Waals surface area contributed by atoms with E-state index in [1.54, 1.807) is 23.1 Å². The van der Waals surface area contributed by atoms with Gasteiger partial charge in [0.25, 0.3) is 5.91 Å². The number of carbonyl (C=O) groups excluding carboxylic acids is 1. The molecule has 0 bridgehead atoms. The summed E-state index contributed by atoms with van der Waals surface area (Å²) in [6.07, 6.45) is 3.36. The molecule has 3 aromatic rings. The minimum Gasteiger partial charge on any atom is -0.370 e. The lowest BCUT2D eigenvalue weighted by Gasteiger charge is -2.26. The molecule has 2 aromatic carbocycles. The summed E-state index contributed by atoms with van der Waals surface area (Å²) in [4.78, 5) is 20.5. The number of carbonyl (C=O) groups is 1. The average Bonchev–Trinajstić information content (AvgIpc) is 3.19. The minimum absolute atomic E-state index is 0.152. The number of para-hydroxylation sites is 1. The van der Waals surface area contributed by atoms with Crippen molar-refractivity contribution in [2.45, 2.75) is 0 Å². The van der Waals surface area contributed by atoms with Crippen LogP contribution in [-0.2, 0) is 9.53 Å². The zero-order chi connectivity index (χ0) is 20.1. The molecule has 7 heteroatoms. The Kier molecular flexibility index (Phi) is 6.29. The summed E-state index contributed by atoms with van der Waals surface area (Å²) in [7, 11) is 0. The standard InChI is InChI=1S/C22H22FN3O2S/c23-18-7-4-8-19-21(18)24-22(29-19)26(12-11-25-13-15-28-16-14-25)20(27)10-9-17-5-2-1-3-6-17/h1-10H,11-16H2/p+1/b10-9+. The Morgan fingerprint density at radius 2 is 1.97 bits per heavy atom. The number of fused-ring (bicyclic) bond motifs is 1. The Morgan fingerprint density at radius 3 is 2.72 bits per heavy atom. The van der Waals surface area contributed by atoms with Crippen LogP contribution in [0.2, 0.25) is 0 Å². The molecule has 0 radical (unpaired) electrons. The molecule has 0 aliphatic carbocycles. The number of rotatable bonds is 6. The first-order valence-corrected chi connectivity index (χ1v) is 10.5. The Hall–Kier alpha value is -2.61. The number of aromatic nitrogens is 1. The smallest absolute Gasteiger partial charge is 0.252 e. The number of benzene rings is 2. The normalized spacial score (nSPS) is 15.2. The second kappa shape index (κ2) is 9.26. The maximum absolute atomic E-state index is 14.1. The lowest BCUT2D eigenvalue weighted by Crippen LogP contribution is -3.14. The van der Waals surface area contributed by atoms with Gasteiger partial charge in [0.05, 0.1) is 31.0 Å². The van der Waals surface area contributed by atoms with E-state index in [0.29, 0.717) is 17.2 Å². The molecule has 1 aliphatic rings. The number of halogens is 1. The molecule has 2 heterocycles. The van der Waals surface area contributed by atoms with Crippen LogP contribution in [0.25, 0.3) is 16.3 Å². The van der Waals surface area contributed by atoms with Crippen molar-refractivity contribution in [1.29, 1.82) is 0 Å². The van der Waals surface area contributed by atoms with Gasteiger partial charge in [0.1, 0.15) is 24.4 Å². The SMILES string of the molecule is O=C(/C=C/c1ccccc1)N(CC[NH+]1CCOCC1)c1nc2c(F)cccc2s1. The number of hydrogen-bond donors (Lipinski definition) is 1. The van der Waals surface area contributed by atoms with Crippen LogP contribution < -0.4 is 9.80 Å². The fourth-order valence-corrected chi connectivity index (χ4v) is 4.33. The van der Waals surface area contributed by atoms with Crippen molar-refractivity contribution in [3.05, 3.63) is 66.0 Å². The summed E-state index contributed by atoms with van der Waals surface area (Å²) < 4.78 is 20.3. The highest BCUT2D eigenvalue weighted by molar-refractivity contribution is 7.22. The molecule has 1 aliphatic heterocycles. The average molecular weight is 413 g/mol. The second-order valence-electron chi connectivity index (χ2n) is 6.93. The molecule has 0 saturated carbocycles. The van der Waals surface area contributed by atoms with Gasteiger partial charge in [0.15, 0.2) is 5.13 Å². The van der Waals surface area contributed by atoms with Crippen molar-refractivity contribution < 1.29 is 18.8 Å². The predicted molar refractivity (Wildman–Crippen MR) is 114 cm³/mol. The second-order valence-corrected chi connectivity index (χ2v) is 7.94. The number of thiazole rings is 1. The largest absolute Gasteiger partial charge is 0.370 e. The van der Waals surface area contributed by atoms with Gasteiger partial charge in [-0.25, -0.2) is 9.37 Å². The number of morpholine rings is 1. The van der Waals surface area contributed by atoms with Gasteiger partial charge >= 0.3 is 0 Å². The van der Waals surface area contributed by atoms with Gasteiger partial charge in [-0.2, -0.15) is 0 Å². The molecular weight excluding hydrogens is 389 g/mol. The van der Waals surface area contributed by atoms with E-state index >= 15 is 0 Å². The van der Waals surface area contributed by atoms with Crippen LogP contribution in [0.5, 0.6) is 0 Å². The Balaban J connectivity index is 1.57. The highest BCUT2D eigenvalue weighted by atomic mass is 32.1. The van der Waals surface area contributed by atoms with Crippen molar-refractivity contribution in [1.82, 2.24) is 4.98 Å².